The average Bonchev–Trinajstić information content (AvgIpc) is 3.70. The first kappa shape index (κ1) is 24.5. The van der Waals surface area contributed by atoms with Crippen LogP contribution in [0.4, 0.5) is 0 Å². The van der Waals surface area contributed by atoms with E-state index in [1.54, 1.807) is 4.68 Å². The van der Waals surface area contributed by atoms with Crippen LogP contribution in [0.25, 0.3) is 11.0 Å². The van der Waals surface area contributed by atoms with E-state index in [1.165, 1.54) is 11.9 Å². The molecule has 6 atom stereocenters. The summed E-state index contributed by atoms with van der Waals surface area (Å²) in [6.07, 6.45) is 0.987. The number of aromatic nitrogens is 3. The first-order valence-electron chi connectivity index (χ1n) is 12.9. The van der Waals surface area contributed by atoms with Gasteiger partial charge in [-0.25, -0.2) is 4.68 Å². The number of aliphatic hydroxyl groups is 1. The molecule has 3 fully saturated rings. The highest BCUT2D eigenvalue weighted by atomic mass is 16.5. The summed E-state index contributed by atoms with van der Waals surface area (Å²) in [7, 11) is 1.54. The van der Waals surface area contributed by atoms with E-state index in [0.29, 0.717) is 24.8 Å². The summed E-state index contributed by atoms with van der Waals surface area (Å²) in [5, 5.41) is 24.3. The second kappa shape index (κ2) is 9.48. The number of para-hydroxylation sites is 1. The van der Waals surface area contributed by atoms with Crippen molar-refractivity contribution < 1.29 is 24.2 Å². The molecule has 3 aliphatic heterocycles. The van der Waals surface area contributed by atoms with Gasteiger partial charge in [-0.1, -0.05) is 47.7 Å². The highest BCUT2D eigenvalue weighted by Crippen LogP contribution is 2.58. The molecular formula is C27H30N6O5. The summed E-state index contributed by atoms with van der Waals surface area (Å²) in [6.45, 7) is -0.293. The monoisotopic (exact) mass is 518 g/mol. The molecule has 38 heavy (non-hydrogen) atoms. The van der Waals surface area contributed by atoms with Gasteiger partial charge >= 0.3 is 0 Å². The maximum absolute atomic E-state index is 14.1. The highest BCUT2D eigenvalue weighted by Gasteiger charge is 2.75. The lowest BCUT2D eigenvalue weighted by Crippen LogP contribution is -2.58. The lowest BCUT2D eigenvalue weighted by Gasteiger charge is -2.36. The molecule has 0 radical (unpaired) electrons. The first-order valence-corrected chi connectivity index (χ1v) is 12.9. The van der Waals surface area contributed by atoms with Crippen molar-refractivity contribution in [2.45, 2.75) is 49.7 Å². The number of fused-ring (bicyclic) bond motifs is 2. The van der Waals surface area contributed by atoms with Gasteiger partial charge in [0, 0.05) is 7.05 Å². The van der Waals surface area contributed by atoms with E-state index in [4.69, 9.17) is 4.74 Å². The molecule has 3 saturated heterocycles. The summed E-state index contributed by atoms with van der Waals surface area (Å²) < 4.78 is 7.99. The molecule has 2 aromatic carbocycles. The van der Waals surface area contributed by atoms with E-state index in [1.807, 2.05) is 54.6 Å². The number of likely N-dealkylation sites (tertiary alicyclic amines) is 1. The lowest BCUT2D eigenvalue weighted by atomic mass is 9.70. The van der Waals surface area contributed by atoms with Gasteiger partial charge in [-0.05, 0) is 37.0 Å². The Balaban J connectivity index is 1.35. The van der Waals surface area contributed by atoms with Crippen LogP contribution in [0, 0.1) is 11.8 Å². The Kier molecular flexibility index (Phi) is 6.11. The zero-order valence-corrected chi connectivity index (χ0v) is 21.0. The van der Waals surface area contributed by atoms with Gasteiger partial charge in [-0.2, -0.15) is 0 Å². The van der Waals surface area contributed by atoms with Gasteiger partial charge < -0.3 is 25.4 Å². The van der Waals surface area contributed by atoms with Crippen LogP contribution < -0.4 is 10.6 Å². The molecule has 0 saturated carbocycles. The van der Waals surface area contributed by atoms with E-state index in [2.05, 4.69) is 20.9 Å². The number of ether oxygens (including phenoxy) is 1. The quantitative estimate of drug-likeness (QED) is 0.388. The zero-order valence-electron chi connectivity index (χ0n) is 21.0. The Bertz CT molecular complexity index is 1380. The molecule has 11 nitrogen and oxygen atoms in total. The molecule has 1 aromatic heterocycles. The molecule has 3 aromatic rings. The number of rotatable bonds is 8. The molecule has 2 bridgehead atoms. The van der Waals surface area contributed by atoms with E-state index in [9.17, 15) is 19.5 Å². The molecule has 3 aliphatic rings. The minimum atomic E-state index is -1.14. The Morgan fingerprint density at radius 2 is 1.92 bits per heavy atom. The second-order valence-electron chi connectivity index (χ2n) is 10.2. The SMILES string of the molecule is CNC(=O)[C@@H]1[C@H]2C(=O)N([C@@H](CO)Cc3ccccc3)C(C(=O)NCn3nnc4ccccc43)C23CC[C@H]1O3. The smallest absolute Gasteiger partial charge is 0.247 e. The molecule has 198 valence electrons. The van der Waals surface area contributed by atoms with Gasteiger partial charge in [-0.3, -0.25) is 14.4 Å². The summed E-state index contributed by atoms with van der Waals surface area (Å²) in [5.41, 5.74) is 1.25. The van der Waals surface area contributed by atoms with Crippen LogP contribution in [0.2, 0.25) is 0 Å². The third kappa shape index (κ3) is 3.68. The van der Waals surface area contributed by atoms with Crippen LogP contribution in [0.1, 0.15) is 18.4 Å². The summed E-state index contributed by atoms with van der Waals surface area (Å²) >= 11 is 0. The van der Waals surface area contributed by atoms with Crippen molar-refractivity contribution in [1.82, 2.24) is 30.5 Å². The lowest BCUT2D eigenvalue weighted by molar-refractivity contribution is -0.145. The fourth-order valence-electron chi connectivity index (χ4n) is 6.67. The number of amides is 3. The first-order chi connectivity index (χ1) is 18.5. The molecule has 4 heterocycles. The average molecular weight is 519 g/mol. The topological polar surface area (TPSA) is 139 Å². The number of carbonyl (C=O) groups excluding carboxylic acids is 3. The standard InChI is InChI=1S/C27H30N6O5/c1-28-24(35)21-20-11-12-27(38-20)22(21)26(37)33(17(14-34)13-16-7-3-2-4-8-16)23(27)25(36)29-15-32-19-10-6-5-9-18(19)30-31-32/h2-10,17,20-23,34H,11-15H2,1H3,(H,28,35)(H,29,36)/t17-,20-,21+,22+,23?,27?/m1/s1. The van der Waals surface area contributed by atoms with Crippen LogP contribution in [-0.2, 0) is 32.2 Å². The number of aliphatic hydroxyl groups excluding tert-OH is 1. The largest absolute Gasteiger partial charge is 0.394 e. The van der Waals surface area contributed by atoms with E-state index in [-0.39, 0.29) is 25.1 Å². The van der Waals surface area contributed by atoms with Crippen molar-refractivity contribution in [3.05, 3.63) is 60.2 Å². The Morgan fingerprint density at radius 3 is 2.68 bits per heavy atom. The van der Waals surface area contributed by atoms with Crippen molar-refractivity contribution in [2.24, 2.45) is 11.8 Å². The van der Waals surface area contributed by atoms with E-state index in [0.717, 1.165) is 11.1 Å². The molecule has 3 amide bonds. The van der Waals surface area contributed by atoms with Crippen molar-refractivity contribution >= 4 is 28.8 Å². The van der Waals surface area contributed by atoms with E-state index >= 15 is 0 Å². The number of hydrogen-bond acceptors (Lipinski definition) is 7. The second-order valence-corrected chi connectivity index (χ2v) is 10.2. The van der Waals surface area contributed by atoms with Gasteiger partial charge in [0.05, 0.1) is 36.1 Å². The normalized spacial score (nSPS) is 28.5. The molecule has 0 aliphatic carbocycles. The predicted octanol–water partition coefficient (Wildman–Crippen LogP) is 0.229. The van der Waals surface area contributed by atoms with Crippen LogP contribution in [0.15, 0.2) is 54.6 Å². The van der Waals surface area contributed by atoms with Crippen molar-refractivity contribution in [2.75, 3.05) is 13.7 Å². The maximum Gasteiger partial charge on any atom is 0.247 e. The highest BCUT2D eigenvalue weighted by molar-refractivity contribution is 5.99. The fourth-order valence-corrected chi connectivity index (χ4v) is 6.67. The number of nitrogens with zero attached hydrogens (tertiary/aromatic N) is 4. The fraction of sp³-hybridized carbons (Fsp3) is 0.444. The maximum atomic E-state index is 14.1. The number of carbonyl (C=O) groups is 3. The van der Waals surface area contributed by atoms with E-state index < -0.39 is 41.5 Å². The van der Waals surface area contributed by atoms with Crippen LogP contribution in [0.3, 0.4) is 0 Å². The number of nitrogens with one attached hydrogen (secondary N) is 2. The zero-order chi connectivity index (χ0) is 26.4. The van der Waals surface area contributed by atoms with Gasteiger partial charge in [0.25, 0.3) is 0 Å². The van der Waals surface area contributed by atoms with Crippen LogP contribution in [-0.4, -0.2) is 80.2 Å². The summed E-state index contributed by atoms with van der Waals surface area (Å²) in [5.74, 6) is -2.49. The van der Waals surface area contributed by atoms with Gasteiger partial charge in [0.2, 0.25) is 17.7 Å². The summed E-state index contributed by atoms with van der Waals surface area (Å²) in [4.78, 5) is 42.4. The summed E-state index contributed by atoms with van der Waals surface area (Å²) in [6, 6.07) is 15.3. The number of hydrogen-bond donors (Lipinski definition) is 3. The Morgan fingerprint density at radius 1 is 1.16 bits per heavy atom. The van der Waals surface area contributed by atoms with Crippen LogP contribution in [0.5, 0.6) is 0 Å². The van der Waals surface area contributed by atoms with Gasteiger partial charge in [-0.15, -0.1) is 5.10 Å². The van der Waals surface area contributed by atoms with Crippen LogP contribution >= 0.6 is 0 Å². The molecular weight excluding hydrogens is 488 g/mol. The van der Waals surface area contributed by atoms with Crippen molar-refractivity contribution in [3.8, 4) is 0 Å². The third-order valence-corrected chi connectivity index (χ3v) is 8.28. The predicted molar refractivity (Wildman–Crippen MR) is 135 cm³/mol. The number of benzene rings is 2. The molecule has 6 rings (SSSR count). The minimum Gasteiger partial charge on any atom is -0.394 e. The molecule has 3 N–H and O–H groups in total. The van der Waals surface area contributed by atoms with Gasteiger partial charge in [0.1, 0.15) is 23.8 Å². The Labute approximate surface area is 219 Å². The third-order valence-electron chi connectivity index (χ3n) is 8.28. The molecule has 2 unspecified atom stereocenters. The van der Waals surface area contributed by atoms with Crippen molar-refractivity contribution in [1.29, 1.82) is 0 Å². The van der Waals surface area contributed by atoms with Crippen molar-refractivity contribution in [3.63, 3.8) is 0 Å². The van der Waals surface area contributed by atoms with Gasteiger partial charge in [0.15, 0.2) is 0 Å². The molecule has 1 spiro atoms. The Hall–Kier alpha value is -3.83. The minimum absolute atomic E-state index is 0.0450. The molecule has 11 heteroatoms.